The van der Waals surface area contributed by atoms with Gasteiger partial charge in [0, 0.05) is 38.0 Å². The zero-order valence-electron chi connectivity index (χ0n) is 18.5. The van der Waals surface area contributed by atoms with Crippen LogP contribution in [0.15, 0.2) is 72.0 Å². The van der Waals surface area contributed by atoms with Gasteiger partial charge in [-0.25, -0.2) is 0 Å². The van der Waals surface area contributed by atoms with Gasteiger partial charge in [-0.05, 0) is 11.6 Å². The second kappa shape index (κ2) is 11.9. The molecule has 2 heterocycles. The predicted octanol–water partition coefficient (Wildman–Crippen LogP) is 3.73. The highest BCUT2D eigenvalue weighted by atomic mass is 127. The van der Waals surface area contributed by atoms with E-state index in [1.165, 1.54) is 0 Å². The molecule has 3 aromatic rings. The lowest BCUT2D eigenvalue weighted by atomic mass is 10.1. The molecule has 1 aliphatic heterocycles. The van der Waals surface area contributed by atoms with Gasteiger partial charge in [-0.2, -0.15) is 5.10 Å². The molecule has 0 saturated carbocycles. The Bertz CT molecular complexity index is 1010. The Labute approximate surface area is 206 Å². The van der Waals surface area contributed by atoms with Crippen LogP contribution in [0.4, 0.5) is 0 Å². The van der Waals surface area contributed by atoms with E-state index in [1.807, 2.05) is 62.9 Å². The third-order valence-corrected chi connectivity index (χ3v) is 5.29. The Kier molecular flexibility index (Phi) is 8.92. The summed E-state index contributed by atoms with van der Waals surface area (Å²) in [5, 5.41) is 7.68. The Morgan fingerprint density at radius 1 is 1.19 bits per heavy atom. The molecule has 1 N–H and O–H groups in total. The SMILES string of the molecule is CN=C(NCCOc1ccccc1-c1ccccc1)N1CCOC(c2cnn(C)c2)C1.I. The number of guanidine groups is 1. The molecule has 1 saturated heterocycles. The number of nitrogens with zero attached hydrogens (tertiary/aromatic N) is 4. The fourth-order valence-corrected chi connectivity index (χ4v) is 3.75. The Balaban J connectivity index is 0.00000289. The van der Waals surface area contributed by atoms with Crippen LogP contribution in [0.2, 0.25) is 0 Å². The summed E-state index contributed by atoms with van der Waals surface area (Å²) < 4.78 is 13.8. The molecule has 0 radical (unpaired) electrons. The molecule has 0 spiro atoms. The fourth-order valence-electron chi connectivity index (χ4n) is 3.75. The minimum absolute atomic E-state index is 0. The molecular formula is C24H30IN5O2. The van der Waals surface area contributed by atoms with Crippen molar-refractivity contribution in [2.24, 2.45) is 12.0 Å². The molecule has 2 aromatic carbocycles. The topological polar surface area (TPSA) is 63.9 Å². The number of aryl methyl sites for hydroxylation is 1. The average molecular weight is 547 g/mol. The van der Waals surface area contributed by atoms with Gasteiger partial charge in [0.1, 0.15) is 18.5 Å². The summed E-state index contributed by atoms with van der Waals surface area (Å²) in [5.74, 6) is 1.74. The number of morpholine rings is 1. The van der Waals surface area contributed by atoms with Gasteiger partial charge in [-0.3, -0.25) is 9.67 Å². The number of hydrogen-bond acceptors (Lipinski definition) is 4. The monoisotopic (exact) mass is 547 g/mol. The van der Waals surface area contributed by atoms with Gasteiger partial charge in [0.15, 0.2) is 5.96 Å². The quantitative estimate of drug-likeness (QED) is 0.221. The zero-order valence-corrected chi connectivity index (χ0v) is 20.8. The third kappa shape index (κ3) is 6.01. The number of para-hydroxylation sites is 1. The first-order valence-electron chi connectivity index (χ1n) is 10.6. The summed E-state index contributed by atoms with van der Waals surface area (Å²) in [7, 11) is 3.73. The van der Waals surface area contributed by atoms with Gasteiger partial charge < -0.3 is 19.7 Å². The van der Waals surface area contributed by atoms with Crippen LogP contribution in [0.5, 0.6) is 5.75 Å². The van der Waals surface area contributed by atoms with Crippen LogP contribution in [-0.4, -0.2) is 60.5 Å². The van der Waals surface area contributed by atoms with E-state index in [9.17, 15) is 0 Å². The van der Waals surface area contributed by atoms with E-state index < -0.39 is 0 Å². The van der Waals surface area contributed by atoms with Crippen LogP contribution in [-0.2, 0) is 11.8 Å². The Morgan fingerprint density at radius 2 is 1.97 bits per heavy atom. The lowest BCUT2D eigenvalue weighted by molar-refractivity contribution is -0.00805. The maximum atomic E-state index is 6.10. The van der Waals surface area contributed by atoms with E-state index in [1.54, 1.807) is 4.68 Å². The summed E-state index contributed by atoms with van der Waals surface area (Å²) >= 11 is 0. The number of aliphatic imine (C=N–C) groups is 1. The van der Waals surface area contributed by atoms with Crippen LogP contribution < -0.4 is 10.1 Å². The number of benzene rings is 2. The number of nitrogens with one attached hydrogen (secondary N) is 1. The maximum absolute atomic E-state index is 6.10. The molecule has 8 heteroatoms. The van der Waals surface area contributed by atoms with Crippen molar-refractivity contribution in [1.82, 2.24) is 20.0 Å². The molecule has 1 aromatic heterocycles. The summed E-state index contributed by atoms with van der Waals surface area (Å²) in [6, 6.07) is 18.4. The molecule has 1 unspecified atom stereocenters. The van der Waals surface area contributed by atoms with Crippen molar-refractivity contribution in [2.75, 3.05) is 39.9 Å². The Hall–Kier alpha value is -2.59. The molecule has 32 heavy (non-hydrogen) atoms. The molecular weight excluding hydrogens is 517 g/mol. The van der Waals surface area contributed by atoms with E-state index in [-0.39, 0.29) is 30.1 Å². The standard InChI is InChI=1S/C24H29N5O2.HI/c1-25-24(29-13-15-31-23(18-29)20-16-27-28(2)17-20)26-12-14-30-22-11-7-6-10-21(22)19-8-4-3-5-9-19;/h3-11,16-17,23H,12-15,18H2,1-2H3,(H,25,26);1H. The maximum Gasteiger partial charge on any atom is 0.193 e. The van der Waals surface area contributed by atoms with E-state index in [4.69, 9.17) is 9.47 Å². The molecule has 0 bridgehead atoms. The van der Waals surface area contributed by atoms with Gasteiger partial charge >= 0.3 is 0 Å². The van der Waals surface area contributed by atoms with Crippen LogP contribution in [0.1, 0.15) is 11.7 Å². The average Bonchev–Trinajstić information content (AvgIpc) is 3.26. The van der Waals surface area contributed by atoms with Crippen LogP contribution in [0.3, 0.4) is 0 Å². The highest BCUT2D eigenvalue weighted by molar-refractivity contribution is 14.0. The highest BCUT2D eigenvalue weighted by Crippen LogP contribution is 2.29. The molecule has 1 aliphatic rings. The molecule has 170 valence electrons. The molecule has 0 amide bonds. The van der Waals surface area contributed by atoms with Crippen molar-refractivity contribution < 1.29 is 9.47 Å². The summed E-state index contributed by atoms with van der Waals surface area (Å²) in [6.07, 6.45) is 3.86. The molecule has 1 fully saturated rings. The number of rotatable bonds is 6. The third-order valence-electron chi connectivity index (χ3n) is 5.29. The predicted molar refractivity (Wildman–Crippen MR) is 138 cm³/mol. The molecule has 0 aliphatic carbocycles. The lowest BCUT2D eigenvalue weighted by Crippen LogP contribution is -2.48. The van der Waals surface area contributed by atoms with Gasteiger partial charge in [0.05, 0.1) is 25.9 Å². The summed E-state index contributed by atoms with van der Waals surface area (Å²) in [6.45, 7) is 3.39. The highest BCUT2D eigenvalue weighted by Gasteiger charge is 2.25. The first kappa shape index (κ1) is 24.1. The summed E-state index contributed by atoms with van der Waals surface area (Å²) in [4.78, 5) is 6.68. The normalized spacial score (nSPS) is 16.4. The first-order chi connectivity index (χ1) is 15.2. The summed E-state index contributed by atoms with van der Waals surface area (Å²) in [5.41, 5.74) is 3.33. The van der Waals surface area contributed by atoms with Crippen molar-refractivity contribution in [3.05, 3.63) is 72.6 Å². The van der Waals surface area contributed by atoms with E-state index in [0.29, 0.717) is 19.8 Å². The number of hydrogen-bond donors (Lipinski definition) is 1. The van der Waals surface area contributed by atoms with Gasteiger partial charge in [0.25, 0.3) is 0 Å². The number of halogens is 1. The fraction of sp³-hybridized carbons (Fsp3) is 0.333. The number of ether oxygens (including phenoxy) is 2. The van der Waals surface area contributed by atoms with E-state index in [0.717, 1.165) is 41.5 Å². The molecule has 4 rings (SSSR count). The van der Waals surface area contributed by atoms with Crippen molar-refractivity contribution >= 4 is 29.9 Å². The smallest absolute Gasteiger partial charge is 0.193 e. The second-order valence-corrected chi connectivity index (χ2v) is 7.44. The van der Waals surface area contributed by atoms with Crippen molar-refractivity contribution in [2.45, 2.75) is 6.10 Å². The van der Waals surface area contributed by atoms with Crippen molar-refractivity contribution in [3.63, 3.8) is 0 Å². The van der Waals surface area contributed by atoms with E-state index >= 15 is 0 Å². The van der Waals surface area contributed by atoms with Crippen LogP contribution >= 0.6 is 24.0 Å². The van der Waals surface area contributed by atoms with Gasteiger partial charge in [0.2, 0.25) is 0 Å². The van der Waals surface area contributed by atoms with Crippen molar-refractivity contribution in [3.8, 4) is 16.9 Å². The minimum Gasteiger partial charge on any atom is -0.491 e. The van der Waals surface area contributed by atoms with Gasteiger partial charge in [-0.15, -0.1) is 24.0 Å². The van der Waals surface area contributed by atoms with Crippen LogP contribution in [0.25, 0.3) is 11.1 Å². The first-order valence-corrected chi connectivity index (χ1v) is 10.6. The number of aromatic nitrogens is 2. The lowest BCUT2D eigenvalue weighted by Gasteiger charge is -2.34. The molecule has 7 nitrogen and oxygen atoms in total. The van der Waals surface area contributed by atoms with Gasteiger partial charge in [-0.1, -0.05) is 48.5 Å². The largest absolute Gasteiger partial charge is 0.491 e. The van der Waals surface area contributed by atoms with Crippen LogP contribution in [0, 0.1) is 0 Å². The zero-order chi connectivity index (χ0) is 21.5. The second-order valence-electron chi connectivity index (χ2n) is 7.44. The minimum atomic E-state index is -0.00463. The molecule has 1 atom stereocenters. The Morgan fingerprint density at radius 3 is 2.72 bits per heavy atom. The van der Waals surface area contributed by atoms with E-state index in [2.05, 4.69) is 38.5 Å². The van der Waals surface area contributed by atoms with Crippen molar-refractivity contribution in [1.29, 1.82) is 0 Å².